The zero-order valence-electron chi connectivity index (χ0n) is 16.4. The number of aliphatic hydroxyl groups is 1. The lowest BCUT2D eigenvalue weighted by Gasteiger charge is -2.27. The monoisotopic (exact) mass is 385 g/mol. The molecule has 1 aromatic rings. The largest absolute Gasteiger partial charge is 0.481 e. The van der Waals surface area contributed by atoms with Gasteiger partial charge in [-0.1, -0.05) is 42.5 Å². The van der Waals surface area contributed by atoms with Crippen molar-refractivity contribution in [3.8, 4) is 0 Å². The summed E-state index contributed by atoms with van der Waals surface area (Å²) in [6.07, 6.45) is 9.22. The third kappa shape index (κ3) is 5.52. The first-order valence-electron chi connectivity index (χ1n) is 10.4. The molecule has 1 saturated heterocycles. The number of nitrogens with zero attached hydrogens (tertiary/aromatic N) is 1. The summed E-state index contributed by atoms with van der Waals surface area (Å²) in [5.41, 5.74) is 1.43. The van der Waals surface area contributed by atoms with E-state index in [1.54, 1.807) is 0 Å². The molecule has 5 heteroatoms. The minimum Gasteiger partial charge on any atom is -0.481 e. The number of β-amino-alcohol motifs (C(OH)–C–C–N with tert-alkyl or cyclic N) is 1. The molecule has 152 valence electrons. The van der Waals surface area contributed by atoms with Gasteiger partial charge in [-0.2, -0.15) is 0 Å². The predicted octanol–water partition coefficient (Wildman–Crippen LogP) is 3.31. The van der Waals surface area contributed by atoms with Gasteiger partial charge in [0.25, 0.3) is 0 Å². The number of carbonyl (C=O) groups is 2. The average Bonchev–Trinajstić information content (AvgIpc) is 3.37. The van der Waals surface area contributed by atoms with Gasteiger partial charge in [-0.25, -0.2) is 0 Å². The summed E-state index contributed by atoms with van der Waals surface area (Å²) >= 11 is 0. The van der Waals surface area contributed by atoms with E-state index in [0.29, 0.717) is 32.4 Å². The van der Waals surface area contributed by atoms with Crippen LogP contribution < -0.4 is 0 Å². The summed E-state index contributed by atoms with van der Waals surface area (Å²) in [4.78, 5) is 24.9. The Balaban J connectivity index is 1.48. The SMILES string of the molecule is O=C(O)CCCC=CCC1C(=O)CCN1CC(O)CC1(c2ccccc2)CC1. The summed E-state index contributed by atoms with van der Waals surface area (Å²) < 4.78 is 0. The predicted molar refractivity (Wildman–Crippen MR) is 108 cm³/mol. The molecule has 1 aromatic carbocycles. The van der Waals surface area contributed by atoms with Crippen LogP contribution in [0.1, 0.15) is 56.9 Å². The number of unbranched alkanes of at least 4 members (excludes halogenated alkanes) is 1. The molecule has 0 aromatic heterocycles. The van der Waals surface area contributed by atoms with Crippen LogP contribution >= 0.6 is 0 Å². The molecule has 2 N–H and O–H groups in total. The van der Waals surface area contributed by atoms with Crippen LogP contribution in [0.3, 0.4) is 0 Å². The molecule has 2 aliphatic rings. The van der Waals surface area contributed by atoms with E-state index in [4.69, 9.17) is 5.11 Å². The molecular formula is C23H31NO4. The summed E-state index contributed by atoms with van der Waals surface area (Å²) in [5.74, 6) is -0.532. The Morgan fingerprint density at radius 3 is 2.68 bits per heavy atom. The molecule has 0 amide bonds. The topological polar surface area (TPSA) is 77.8 Å². The van der Waals surface area contributed by atoms with Crippen LogP contribution in [0.25, 0.3) is 0 Å². The number of ketones is 1. The van der Waals surface area contributed by atoms with Crippen molar-refractivity contribution in [2.24, 2.45) is 0 Å². The maximum absolute atomic E-state index is 12.3. The van der Waals surface area contributed by atoms with Crippen molar-refractivity contribution in [1.82, 2.24) is 4.90 Å². The molecule has 0 spiro atoms. The van der Waals surface area contributed by atoms with E-state index in [2.05, 4.69) is 29.2 Å². The second-order valence-electron chi connectivity index (χ2n) is 8.22. The minimum atomic E-state index is -0.775. The molecule has 3 rings (SSSR count). The summed E-state index contributed by atoms with van der Waals surface area (Å²) in [6.45, 7) is 1.25. The molecule has 1 aliphatic heterocycles. The van der Waals surface area contributed by atoms with Crippen LogP contribution in [0.5, 0.6) is 0 Å². The number of allylic oxidation sites excluding steroid dienone is 1. The average molecular weight is 386 g/mol. The molecule has 0 bridgehead atoms. The van der Waals surface area contributed by atoms with Gasteiger partial charge in [0.1, 0.15) is 0 Å². The number of rotatable bonds is 11. The van der Waals surface area contributed by atoms with Crippen LogP contribution in [0, 0.1) is 0 Å². The number of hydrogen-bond acceptors (Lipinski definition) is 4. The molecule has 5 nitrogen and oxygen atoms in total. The van der Waals surface area contributed by atoms with Crippen LogP contribution in [0.15, 0.2) is 42.5 Å². The van der Waals surface area contributed by atoms with Crippen molar-refractivity contribution in [2.75, 3.05) is 13.1 Å². The van der Waals surface area contributed by atoms with Gasteiger partial charge in [0, 0.05) is 25.9 Å². The van der Waals surface area contributed by atoms with Crippen LogP contribution in [-0.2, 0) is 15.0 Å². The molecule has 0 radical (unpaired) electrons. The molecular weight excluding hydrogens is 354 g/mol. The molecule has 2 unspecified atom stereocenters. The number of aliphatic carboxylic acids is 1. The van der Waals surface area contributed by atoms with E-state index < -0.39 is 12.1 Å². The standard InChI is InChI=1S/C23H31NO4/c25-19(16-23(13-14-23)18-8-4-3-5-9-18)17-24-15-12-21(26)20(24)10-6-1-2-7-11-22(27)28/h1,3-6,8-9,19-20,25H,2,7,10-17H2,(H,27,28). The van der Waals surface area contributed by atoms with Crippen molar-refractivity contribution in [1.29, 1.82) is 0 Å². The third-order valence-electron chi connectivity index (χ3n) is 6.06. The second kappa shape index (κ2) is 9.48. The second-order valence-corrected chi connectivity index (χ2v) is 8.22. The Morgan fingerprint density at radius 2 is 2.00 bits per heavy atom. The molecule has 2 fully saturated rings. The number of hydrogen-bond donors (Lipinski definition) is 2. The van der Waals surface area contributed by atoms with Gasteiger partial charge >= 0.3 is 5.97 Å². The fourth-order valence-corrected chi connectivity index (χ4v) is 4.33. The first kappa shape index (κ1) is 20.7. The van der Waals surface area contributed by atoms with Crippen LogP contribution in [0.4, 0.5) is 0 Å². The summed E-state index contributed by atoms with van der Waals surface area (Å²) in [6, 6.07) is 10.3. The van der Waals surface area contributed by atoms with E-state index in [-0.39, 0.29) is 23.7 Å². The van der Waals surface area contributed by atoms with Crippen molar-refractivity contribution in [3.63, 3.8) is 0 Å². The lowest BCUT2D eigenvalue weighted by Crippen LogP contribution is -2.39. The highest BCUT2D eigenvalue weighted by Crippen LogP contribution is 2.51. The maximum Gasteiger partial charge on any atom is 0.303 e. The van der Waals surface area contributed by atoms with Gasteiger partial charge in [0.2, 0.25) is 0 Å². The van der Waals surface area contributed by atoms with Gasteiger partial charge in [0.15, 0.2) is 5.78 Å². The van der Waals surface area contributed by atoms with E-state index in [9.17, 15) is 14.7 Å². The number of aliphatic hydroxyl groups excluding tert-OH is 1. The van der Waals surface area contributed by atoms with E-state index in [1.807, 2.05) is 18.2 Å². The minimum absolute atomic E-state index is 0.115. The van der Waals surface area contributed by atoms with E-state index >= 15 is 0 Å². The number of likely N-dealkylation sites (tertiary alicyclic amines) is 1. The number of carbonyl (C=O) groups excluding carboxylic acids is 1. The highest BCUT2D eigenvalue weighted by atomic mass is 16.4. The number of carboxylic acid groups (broad SMARTS) is 1. The maximum atomic E-state index is 12.3. The van der Waals surface area contributed by atoms with E-state index in [1.165, 1.54) is 5.56 Å². The fourth-order valence-electron chi connectivity index (χ4n) is 4.33. The zero-order chi connectivity index (χ0) is 20.0. The first-order chi connectivity index (χ1) is 13.5. The normalized spacial score (nSPS) is 22.6. The van der Waals surface area contributed by atoms with Crippen molar-refractivity contribution in [3.05, 3.63) is 48.0 Å². The summed E-state index contributed by atoms with van der Waals surface area (Å²) in [5, 5.41) is 19.4. The van der Waals surface area contributed by atoms with Gasteiger partial charge in [0.05, 0.1) is 12.1 Å². The molecule has 1 aliphatic carbocycles. The quantitative estimate of drug-likeness (QED) is 0.451. The summed E-state index contributed by atoms with van der Waals surface area (Å²) in [7, 11) is 0. The Morgan fingerprint density at radius 1 is 1.25 bits per heavy atom. The van der Waals surface area contributed by atoms with Gasteiger partial charge in [-0.05, 0) is 49.5 Å². The highest BCUT2D eigenvalue weighted by Gasteiger charge is 2.46. The Labute approximate surface area is 167 Å². The van der Waals surface area contributed by atoms with Gasteiger partial charge < -0.3 is 10.2 Å². The van der Waals surface area contributed by atoms with Crippen LogP contribution in [0.2, 0.25) is 0 Å². The van der Waals surface area contributed by atoms with Crippen molar-refractivity contribution >= 4 is 11.8 Å². The third-order valence-corrected chi connectivity index (χ3v) is 6.06. The first-order valence-corrected chi connectivity index (χ1v) is 10.4. The Bertz CT molecular complexity index is 696. The molecule has 2 atom stereocenters. The van der Waals surface area contributed by atoms with Gasteiger partial charge in [-0.15, -0.1) is 0 Å². The molecule has 1 heterocycles. The Kier molecular flexibility index (Phi) is 7.03. The Hall–Kier alpha value is -1.98. The molecule has 28 heavy (non-hydrogen) atoms. The zero-order valence-corrected chi connectivity index (χ0v) is 16.4. The fraction of sp³-hybridized carbons (Fsp3) is 0.565. The van der Waals surface area contributed by atoms with Crippen LogP contribution in [-0.4, -0.2) is 52.1 Å². The van der Waals surface area contributed by atoms with Gasteiger partial charge in [-0.3, -0.25) is 14.5 Å². The highest BCUT2D eigenvalue weighted by molar-refractivity contribution is 5.86. The lowest BCUT2D eigenvalue weighted by atomic mass is 9.89. The van der Waals surface area contributed by atoms with Crippen molar-refractivity contribution in [2.45, 2.75) is 68.9 Å². The van der Waals surface area contributed by atoms with E-state index in [0.717, 1.165) is 25.7 Å². The smallest absolute Gasteiger partial charge is 0.303 e. The lowest BCUT2D eigenvalue weighted by molar-refractivity contribution is -0.137. The number of carboxylic acids is 1. The number of benzene rings is 1. The molecule has 1 saturated carbocycles. The number of Topliss-reactive ketones (excluding diaryl/α,β-unsaturated/α-hetero) is 1. The van der Waals surface area contributed by atoms with Crippen molar-refractivity contribution < 1.29 is 19.8 Å².